The van der Waals surface area contributed by atoms with E-state index in [2.05, 4.69) is 0 Å². The Hall–Kier alpha value is -0.160. The monoisotopic (exact) mass is 278 g/mol. The van der Waals surface area contributed by atoms with Crippen LogP contribution in [-0.2, 0) is 0 Å². The third-order valence-electron chi connectivity index (χ3n) is 7.75. The van der Waals surface area contributed by atoms with E-state index in [1.807, 2.05) is 0 Å². The van der Waals surface area contributed by atoms with Crippen LogP contribution in [-0.4, -0.2) is 24.7 Å². The van der Waals surface area contributed by atoms with Gasteiger partial charge in [0.25, 0.3) is 0 Å². The summed E-state index contributed by atoms with van der Waals surface area (Å²) in [5.41, 5.74) is 25.9. The second-order valence-corrected chi connectivity index (χ2v) is 8.36. The Morgan fingerprint density at radius 2 is 1.60 bits per heavy atom. The van der Waals surface area contributed by atoms with E-state index < -0.39 is 0 Å². The Balaban J connectivity index is 1.72. The first-order valence-corrected chi connectivity index (χ1v) is 8.48. The maximum Gasteiger partial charge on any atom is 0.0272 e. The molecule has 0 saturated heterocycles. The van der Waals surface area contributed by atoms with Crippen molar-refractivity contribution in [3.05, 3.63) is 0 Å². The summed E-state index contributed by atoms with van der Waals surface area (Å²) in [5.74, 6) is 3.35. The zero-order valence-corrected chi connectivity index (χ0v) is 12.4. The van der Waals surface area contributed by atoms with Crippen molar-refractivity contribution in [1.29, 1.82) is 0 Å². The van der Waals surface area contributed by atoms with Crippen LogP contribution in [0.25, 0.3) is 0 Å². The van der Waals surface area contributed by atoms with Gasteiger partial charge in [0, 0.05) is 23.5 Å². The molecule has 0 aliphatic heterocycles. The van der Waals surface area contributed by atoms with Crippen LogP contribution in [0, 0.1) is 35.0 Å². The first-order chi connectivity index (χ1) is 9.54. The lowest BCUT2D eigenvalue weighted by Crippen LogP contribution is -2.67. The first kappa shape index (κ1) is 13.5. The summed E-state index contributed by atoms with van der Waals surface area (Å²) < 4.78 is 0. The van der Waals surface area contributed by atoms with Crippen molar-refractivity contribution in [1.82, 2.24) is 0 Å². The average Bonchev–Trinajstić information content (AvgIpc) is 3.14. The summed E-state index contributed by atoms with van der Waals surface area (Å²) in [6.45, 7) is 1.54. The molecule has 0 amide bonds. The van der Waals surface area contributed by atoms with Crippen molar-refractivity contribution in [2.75, 3.05) is 13.1 Å². The lowest BCUT2D eigenvalue weighted by atomic mass is 9.53. The summed E-state index contributed by atoms with van der Waals surface area (Å²) in [5, 5.41) is 0. The predicted molar refractivity (Wildman–Crippen MR) is 80.6 cm³/mol. The molecule has 8 N–H and O–H groups in total. The van der Waals surface area contributed by atoms with E-state index in [1.54, 1.807) is 0 Å². The van der Waals surface area contributed by atoms with Crippen molar-refractivity contribution in [3.8, 4) is 0 Å². The largest absolute Gasteiger partial charge is 0.330 e. The maximum atomic E-state index is 7.09. The van der Waals surface area contributed by atoms with Gasteiger partial charge in [0.15, 0.2) is 0 Å². The highest BCUT2D eigenvalue weighted by molar-refractivity contribution is 5.23. The van der Waals surface area contributed by atoms with E-state index in [4.69, 9.17) is 22.9 Å². The lowest BCUT2D eigenvalue weighted by molar-refractivity contribution is -0.0109. The van der Waals surface area contributed by atoms with Gasteiger partial charge in [-0.3, -0.25) is 0 Å². The highest BCUT2D eigenvalue weighted by Gasteiger charge is 2.68. The minimum absolute atomic E-state index is 0.114. The van der Waals surface area contributed by atoms with Gasteiger partial charge in [-0.15, -0.1) is 0 Å². The van der Waals surface area contributed by atoms with Crippen LogP contribution < -0.4 is 22.9 Å². The molecule has 8 atom stereocenters. The second kappa shape index (κ2) is 4.19. The van der Waals surface area contributed by atoms with Crippen LogP contribution in [0.2, 0.25) is 0 Å². The molecular weight excluding hydrogens is 248 g/mol. The van der Waals surface area contributed by atoms with Crippen molar-refractivity contribution in [2.45, 2.75) is 50.1 Å². The SMILES string of the molecule is NCC1CC2CC1C(CN)(C1(N)CC3CC(N)C1C3)C2. The molecule has 0 aromatic carbocycles. The van der Waals surface area contributed by atoms with Crippen LogP contribution in [0.15, 0.2) is 0 Å². The Labute approximate surface area is 122 Å². The zero-order chi connectivity index (χ0) is 14.1. The van der Waals surface area contributed by atoms with Gasteiger partial charge in [-0.1, -0.05) is 0 Å². The quantitative estimate of drug-likeness (QED) is 0.599. The average molecular weight is 278 g/mol. The van der Waals surface area contributed by atoms with E-state index in [1.165, 1.54) is 32.1 Å². The number of rotatable bonds is 3. The van der Waals surface area contributed by atoms with Gasteiger partial charge < -0.3 is 22.9 Å². The van der Waals surface area contributed by atoms with Gasteiger partial charge >= 0.3 is 0 Å². The number of hydrogen-bond donors (Lipinski definition) is 4. The van der Waals surface area contributed by atoms with E-state index >= 15 is 0 Å². The molecule has 114 valence electrons. The Kier molecular flexibility index (Phi) is 2.83. The van der Waals surface area contributed by atoms with Crippen LogP contribution in [0.1, 0.15) is 38.5 Å². The van der Waals surface area contributed by atoms with Crippen LogP contribution in [0.4, 0.5) is 0 Å². The molecule has 4 aliphatic carbocycles. The molecule has 0 aromatic rings. The van der Waals surface area contributed by atoms with E-state index in [9.17, 15) is 0 Å². The molecule has 4 bridgehead atoms. The molecule has 4 nitrogen and oxygen atoms in total. The van der Waals surface area contributed by atoms with Gasteiger partial charge in [0.05, 0.1) is 0 Å². The van der Waals surface area contributed by atoms with Crippen molar-refractivity contribution < 1.29 is 0 Å². The van der Waals surface area contributed by atoms with Gasteiger partial charge in [-0.2, -0.15) is 0 Å². The third-order valence-corrected chi connectivity index (χ3v) is 7.75. The predicted octanol–water partition coefficient (Wildman–Crippen LogP) is 0.391. The molecule has 4 rings (SSSR count). The summed E-state index contributed by atoms with van der Waals surface area (Å²) in [6.07, 6.45) is 7.42. The van der Waals surface area contributed by atoms with Gasteiger partial charge in [0.2, 0.25) is 0 Å². The minimum atomic E-state index is -0.114. The molecule has 0 radical (unpaired) electrons. The minimum Gasteiger partial charge on any atom is -0.330 e. The summed E-state index contributed by atoms with van der Waals surface area (Å²) >= 11 is 0. The smallest absolute Gasteiger partial charge is 0.0272 e. The zero-order valence-electron chi connectivity index (χ0n) is 12.4. The highest BCUT2D eigenvalue weighted by Crippen LogP contribution is 2.67. The number of hydrogen-bond acceptors (Lipinski definition) is 4. The number of nitrogens with two attached hydrogens (primary N) is 4. The normalized spacial score (nSPS) is 60.6. The molecule has 4 heteroatoms. The molecule has 8 unspecified atom stereocenters. The molecule has 4 aliphatic rings. The molecule has 4 saturated carbocycles. The van der Waals surface area contributed by atoms with E-state index in [0.29, 0.717) is 23.8 Å². The van der Waals surface area contributed by atoms with Gasteiger partial charge in [0.1, 0.15) is 0 Å². The Morgan fingerprint density at radius 1 is 0.900 bits per heavy atom. The van der Waals surface area contributed by atoms with Crippen LogP contribution in [0.5, 0.6) is 0 Å². The highest BCUT2D eigenvalue weighted by atomic mass is 14.9. The molecule has 0 aromatic heterocycles. The second-order valence-electron chi connectivity index (χ2n) is 8.36. The summed E-state index contributed by atoms with van der Waals surface area (Å²) in [4.78, 5) is 0. The fraction of sp³-hybridized carbons (Fsp3) is 1.00. The Morgan fingerprint density at radius 3 is 2.15 bits per heavy atom. The fourth-order valence-corrected chi connectivity index (χ4v) is 7.11. The summed E-state index contributed by atoms with van der Waals surface area (Å²) in [7, 11) is 0. The van der Waals surface area contributed by atoms with Crippen molar-refractivity contribution >= 4 is 0 Å². The van der Waals surface area contributed by atoms with Gasteiger partial charge in [-0.25, -0.2) is 0 Å². The topological polar surface area (TPSA) is 104 Å². The molecular formula is C16H30N4. The molecule has 4 fully saturated rings. The Bertz CT molecular complexity index is 413. The van der Waals surface area contributed by atoms with Crippen molar-refractivity contribution in [2.24, 2.45) is 57.9 Å². The lowest BCUT2D eigenvalue weighted by Gasteiger charge is -2.56. The first-order valence-electron chi connectivity index (χ1n) is 8.48. The van der Waals surface area contributed by atoms with Crippen molar-refractivity contribution in [3.63, 3.8) is 0 Å². The van der Waals surface area contributed by atoms with Gasteiger partial charge in [-0.05, 0) is 74.7 Å². The number of fused-ring (bicyclic) bond motifs is 4. The fourth-order valence-electron chi connectivity index (χ4n) is 7.11. The maximum absolute atomic E-state index is 7.09. The van der Waals surface area contributed by atoms with E-state index in [-0.39, 0.29) is 11.0 Å². The third kappa shape index (κ3) is 1.41. The summed E-state index contributed by atoms with van der Waals surface area (Å²) in [6, 6.07) is 0.303. The molecule has 0 spiro atoms. The van der Waals surface area contributed by atoms with Crippen LogP contribution in [0.3, 0.4) is 0 Å². The molecule has 0 heterocycles. The van der Waals surface area contributed by atoms with Crippen LogP contribution >= 0.6 is 0 Å². The standard InChI is InChI=1S/C16H30N4/c17-7-11-1-9-2-12(11)15(5-9,8-18)16(20)6-10-3-13(16)14(19)4-10/h9-14H,1-8,17-20H2. The molecule has 20 heavy (non-hydrogen) atoms. The van der Waals surface area contributed by atoms with E-state index in [0.717, 1.165) is 31.3 Å².